The van der Waals surface area contributed by atoms with Crippen LogP contribution in [-0.2, 0) is 4.79 Å². The minimum absolute atomic E-state index is 0.0295. The van der Waals surface area contributed by atoms with E-state index in [-0.39, 0.29) is 5.91 Å². The van der Waals surface area contributed by atoms with Crippen molar-refractivity contribution in [3.63, 3.8) is 0 Å². The zero-order valence-corrected chi connectivity index (χ0v) is 19.9. The number of carbonyl (C=O) groups excluding carboxylic acids is 1. The summed E-state index contributed by atoms with van der Waals surface area (Å²) >= 11 is 0. The molecule has 6 heteroatoms. The molecule has 0 radical (unpaired) electrons. The van der Waals surface area contributed by atoms with E-state index in [1.807, 2.05) is 50.4 Å². The molecule has 33 heavy (non-hydrogen) atoms. The Morgan fingerprint density at radius 2 is 1.82 bits per heavy atom. The molecule has 0 aliphatic carbocycles. The molecule has 2 N–H and O–H groups in total. The Balaban J connectivity index is 1.64. The van der Waals surface area contributed by atoms with Crippen LogP contribution in [-0.4, -0.2) is 46.4 Å². The molecule has 3 heterocycles. The quantitative estimate of drug-likeness (QED) is 0.391. The summed E-state index contributed by atoms with van der Waals surface area (Å²) in [5, 5.41) is 4.08. The number of nitrogens with one attached hydrogen (secondary N) is 2. The van der Waals surface area contributed by atoms with Crippen LogP contribution in [0.1, 0.15) is 37.4 Å². The molecule has 0 saturated heterocycles. The van der Waals surface area contributed by atoms with Gasteiger partial charge in [0.1, 0.15) is 5.82 Å². The molecular weight excluding hydrogens is 410 g/mol. The maximum Gasteiger partial charge on any atom is 0.226 e. The van der Waals surface area contributed by atoms with Crippen molar-refractivity contribution >= 4 is 22.6 Å². The number of anilines is 1. The van der Waals surface area contributed by atoms with Gasteiger partial charge in [-0.25, -0.2) is 4.98 Å². The average Bonchev–Trinajstić information content (AvgIpc) is 3.17. The van der Waals surface area contributed by atoms with E-state index in [1.54, 1.807) is 0 Å². The van der Waals surface area contributed by atoms with Crippen molar-refractivity contribution in [3.8, 4) is 22.4 Å². The van der Waals surface area contributed by atoms with Crippen LogP contribution in [0.15, 0.2) is 54.9 Å². The largest absolute Gasteiger partial charge is 0.354 e. The number of hydrogen-bond acceptors (Lipinski definition) is 4. The topological polar surface area (TPSA) is 73.9 Å². The number of rotatable bonds is 7. The number of fused-ring (bicyclic) bond motifs is 1. The summed E-state index contributed by atoms with van der Waals surface area (Å²) < 4.78 is 0. The lowest BCUT2D eigenvalue weighted by Crippen LogP contribution is -2.21. The molecule has 0 spiro atoms. The second-order valence-corrected chi connectivity index (χ2v) is 9.05. The maximum absolute atomic E-state index is 12.1. The normalized spacial score (nSPS) is 11.5. The molecule has 1 aromatic carbocycles. The predicted molar refractivity (Wildman–Crippen MR) is 135 cm³/mol. The Bertz CT molecular complexity index is 1270. The number of aromatic nitrogens is 3. The molecule has 170 valence electrons. The standard InChI is InChI=1S/C27H31N5O/c1-17(2)26-22-15-19(6-8-23(22)30-27(26)20-10-12-28-18(3)14-20)21-7-9-24(29-16-21)31-25(33)11-13-32(4)5/h6-10,12,14-17,30H,11,13H2,1-5H3,(H,29,31,33). The molecule has 4 aromatic rings. The molecule has 0 unspecified atom stereocenters. The van der Waals surface area contributed by atoms with Crippen LogP contribution in [0, 0.1) is 6.92 Å². The van der Waals surface area contributed by atoms with E-state index in [1.165, 1.54) is 10.9 Å². The van der Waals surface area contributed by atoms with E-state index < -0.39 is 0 Å². The third-order valence-corrected chi connectivity index (χ3v) is 5.75. The van der Waals surface area contributed by atoms with Crippen LogP contribution in [0.5, 0.6) is 0 Å². The van der Waals surface area contributed by atoms with Crippen molar-refractivity contribution in [1.82, 2.24) is 19.9 Å². The van der Waals surface area contributed by atoms with Gasteiger partial charge in [-0.3, -0.25) is 9.78 Å². The third kappa shape index (κ3) is 5.12. The number of carbonyl (C=O) groups is 1. The van der Waals surface area contributed by atoms with Gasteiger partial charge in [0, 0.05) is 53.1 Å². The Morgan fingerprint density at radius 3 is 2.48 bits per heavy atom. The molecule has 0 aliphatic rings. The summed E-state index contributed by atoms with van der Waals surface area (Å²) in [6.07, 6.45) is 4.12. The first-order valence-electron chi connectivity index (χ1n) is 11.3. The van der Waals surface area contributed by atoms with Crippen LogP contribution in [0.4, 0.5) is 5.82 Å². The summed E-state index contributed by atoms with van der Waals surface area (Å²) in [5.74, 6) is 0.900. The van der Waals surface area contributed by atoms with Gasteiger partial charge in [0.15, 0.2) is 0 Å². The van der Waals surface area contributed by atoms with Crippen molar-refractivity contribution in [2.75, 3.05) is 26.0 Å². The monoisotopic (exact) mass is 441 g/mol. The van der Waals surface area contributed by atoms with Crippen LogP contribution < -0.4 is 5.32 Å². The zero-order chi connectivity index (χ0) is 23.5. The smallest absolute Gasteiger partial charge is 0.226 e. The number of aromatic amines is 1. The summed E-state index contributed by atoms with van der Waals surface area (Å²) in [6, 6.07) is 14.5. The van der Waals surface area contributed by atoms with Crippen molar-refractivity contribution in [1.29, 1.82) is 0 Å². The predicted octanol–water partition coefficient (Wildman–Crippen LogP) is 5.61. The van der Waals surface area contributed by atoms with Gasteiger partial charge in [0.05, 0.1) is 5.69 Å². The molecule has 0 bridgehead atoms. The Kier molecular flexibility index (Phi) is 6.56. The number of H-pyrrole nitrogens is 1. The van der Waals surface area contributed by atoms with E-state index in [2.05, 4.69) is 64.4 Å². The molecule has 0 saturated carbocycles. The van der Waals surface area contributed by atoms with E-state index in [0.29, 0.717) is 24.7 Å². The number of benzene rings is 1. The molecule has 1 amide bonds. The fourth-order valence-electron chi connectivity index (χ4n) is 4.09. The first-order valence-corrected chi connectivity index (χ1v) is 11.3. The molecular formula is C27H31N5O. The maximum atomic E-state index is 12.1. The van der Waals surface area contributed by atoms with E-state index in [9.17, 15) is 4.79 Å². The van der Waals surface area contributed by atoms with Gasteiger partial charge in [0.2, 0.25) is 5.91 Å². The highest BCUT2D eigenvalue weighted by Crippen LogP contribution is 2.37. The number of hydrogen-bond donors (Lipinski definition) is 2. The van der Waals surface area contributed by atoms with Gasteiger partial charge in [-0.15, -0.1) is 0 Å². The minimum Gasteiger partial charge on any atom is -0.354 e. The molecule has 6 nitrogen and oxygen atoms in total. The fourth-order valence-corrected chi connectivity index (χ4v) is 4.09. The van der Waals surface area contributed by atoms with Crippen LogP contribution in [0.25, 0.3) is 33.3 Å². The Morgan fingerprint density at radius 1 is 1.03 bits per heavy atom. The first kappa shape index (κ1) is 22.7. The summed E-state index contributed by atoms with van der Waals surface area (Å²) in [6.45, 7) is 7.17. The van der Waals surface area contributed by atoms with Crippen molar-refractivity contribution in [2.24, 2.45) is 0 Å². The third-order valence-electron chi connectivity index (χ3n) is 5.75. The lowest BCUT2D eigenvalue weighted by atomic mass is 9.94. The number of amides is 1. The highest BCUT2D eigenvalue weighted by Gasteiger charge is 2.17. The van der Waals surface area contributed by atoms with Crippen molar-refractivity contribution in [3.05, 3.63) is 66.1 Å². The van der Waals surface area contributed by atoms with E-state index in [0.717, 1.165) is 33.6 Å². The van der Waals surface area contributed by atoms with Crippen molar-refractivity contribution in [2.45, 2.75) is 33.1 Å². The summed E-state index contributed by atoms with van der Waals surface area (Å²) in [7, 11) is 3.90. The molecule has 0 fully saturated rings. The second kappa shape index (κ2) is 9.55. The second-order valence-electron chi connectivity index (χ2n) is 9.05. The lowest BCUT2D eigenvalue weighted by Gasteiger charge is -2.10. The summed E-state index contributed by atoms with van der Waals surface area (Å²) in [4.78, 5) is 26.5. The van der Waals surface area contributed by atoms with E-state index >= 15 is 0 Å². The number of aryl methyl sites for hydroxylation is 1. The minimum atomic E-state index is -0.0295. The Hall–Kier alpha value is -3.51. The van der Waals surface area contributed by atoms with Gasteiger partial charge in [-0.1, -0.05) is 19.9 Å². The SMILES string of the molecule is Cc1cc(-c2[nH]c3ccc(-c4ccc(NC(=O)CCN(C)C)nc4)cc3c2C(C)C)ccn1. The van der Waals surface area contributed by atoms with Crippen LogP contribution >= 0.6 is 0 Å². The van der Waals surface area contributed by atoms with Gasteiger partial charge in [-0.2, -0.15) is 0 Å². The Labute approximate surface area is 195 Å². The summed E-state index contributed by atoms with van der Waals surface area (Å²) in [5.41, 5.74) is 7.83. The first-order chi connectivity index (χ1) is 15.8. The molecule has 0 aliphatic heterocycles. The molecule has 0 atom stereocenters. The van der Waals surface area contributed by atoms with Gasteiger partial charge in [-0.05, 0) is 74.5 Å². The fraction of sp³-hybridized carbons (Fsp3) is 0.296. The highest BCUT2D eigenvalue weighted by molar-refractivity contribution is 5.94. The number of pyridine rings is 2. The van der Waals surface area contributed by atoms with Gasteiger partial charge >= 0.3 is 0 Å². The van der Waals surface area contributed by atoms with E-state index in [4.69, 9.17) is 0 Å². The van der Waals surface area contributed by atoms with Gasteiger partial charge in [0.25, 0.3) is 0 Å². The number of nitrogens with zero attached hydrogens (tertiary/aromatic N) is 3. The molecule has 3 aromatic heterocycles. The molecule has 4 rings (SSSR count). The highest BCUT2D eigenvalue weighted by atomic mass is 16.1. The van der Waals surface area contributed by atoms with Crippen LogP contribution in [0.2, 0.25) is 0 Å². The van der Waals surface area contributed by atoms with Crippen LogP contribution in [0.3, 0.4) is 0 Å². The lowest BCUT2D eigenvalue weighted by molar-refractivity contribution is -0.116. The average molecular weight is 442 g/mol. The van der Waals surface area contributed by atoms with Gasteiger partial charge < -0.3 is 15.2 Å². The zero-order valence-electron chi connectivity index (χ0n) is 19.9. The van der Waals surface area contributed by atoms with Crippen molar-refractivity contribution < 1.29 is 4.79 Å².